The topological polar surface area (TPSA) is 37.3 Å². The number of hydrogen-bond donors (Lipinski definition) is 1. The van der Waals surface area contributed by atoms with Gasteiger partial charge in [-0.15, -0.1) is 0 Å². The number of carbonyl (C=O) groups is 1. The second kappa shape index (κ2) is 7.56. The summed E-state index contributed by atoms with van der Waals surface area (Å²) in [5, 5.41) is 7.54. The van der Waals surface area contributed by atoms with E-state index in [2.05, 4.69) is 15.9 Å². The molecule has 0 aliphatic heterocycles. The van der Waals surface area contributed by atoms with Crippen LogP contribution in [0.2, 0.25) is 5.01 Å². The van der Waals surface area contributed by atoms with Gasteiger partial charge in [0.2, 0.25) is 0 Å². The lowest BCUT2D eigenvalue weighted by molar-refractivity contribution is -0.138. The SMILES string of the molecule is O=Cc1cc(C(F)(F)F)c(O)cc1Br.[B]B([B])C([B])([B])[B]. The van der Waals surface area contributed by atoms with E-state index in [1.54, 1.807) is 0 Å². The van der Waals surface area contributed by atoms with Crippen LogP contribution in [0.25, 0.3) is 0 Å². The molecule has 0 aromatic heterocycles. The van der Waals surface area contributed by atoms with Gasteiger partial charge < -0.3 is 5.11 Å². The molecule has 1 rings (SSSR count). The quantitative estimate of drug-likeness (QED) is 0.639. The van der Waals surface area contributed by atoms with Crippen LogP contribution in [-0.2, 0) is 6.18 Å². The number of phenols is 1. The van der Waals surface area contributed by atoms with Crippen LogP contribution in [0.5, 0.6) is 5.75 Å². The zero-order valence-corrected chi connectivity index (χ0v) is 12.1. The predicted octanol–water partition coefficient (Wildman–Crippen LogP) is 0.916. The molecule has 0 aliphatic carbocycles. The van der Waals surface area contributed by atoms with E-state index >= 15 is 0 Å². The van der Waals surface area contributed by atoms with E-state index < -0.39 is 29.0 Å². The van der Waals surface area contributed by atoms with Gasteiger partial charge in [-0.25, -0.2) is 0 Å². The molecule has 1 aromatic carbocycles. The number of carbonyl (C=O) groups excluding carboxylic acids is 1. The Morgan fingerprint density at radius 2 is 1.62 bits per heavy atom. The van der Waals surface area contributed by atoms with Crippen molar-refractivity contribution in [2.75, 3.05) is 0 Å². The van der Waals surface area contributed by atoms with Crippen LogP contribution >= 0.6 is 15.9 Å². The van der Waals surface area contributed by atoms with Gasteiger partial charge in [0.15, 0.2) is 6.29 Å². The van der Waals surface area contributed by atoms with Gasteiger partial charge in [-0.1, -0.05) is 0 Å². The average molecular weight is 346 g/mol. The van der Waals surface area contributed by atoms with Crippen molar-refractivity contribution in [1.29, 1.82) is 0 Å². The Kier molecular flexibility index (Phi) is 7.33. The van der Waals surface area contributed by atoms with Crippen LogP contribution < -0.4 is 0 Å². The molecule has 1 aromatic rings. The summed E-state index contributed by atoms with van der Waals surface area (Å²) in [5.41, 5.74) is -1.38. The summed E-state index contributed by atoms with van der Waals surface area (Å²) < 4.78 is 36.7. The predicted molar refractivity (Wildman–Crippen MR) is 83.4 cm³/mol. The molecule has 0 amide bonds. The van der Waals surface area contributed by atoms with Gasteiger partial charge in [0, 0.05) is 55.5 Å². The fourth-order valence-corrected chi connectivity index (χ4v) is 1.32. The summed E-state index contributed by atoms with van der Waals surface area (Å²) in [6, 6.07) is 1.43. The highest BCUT2D eigenvalue weighted by atomic mass is 79.9. The third-order valence-corrected chi connectivity index (χ3v) is 2.81. The summed E-state index contributed by atoms with van der Waals surface area (Å²) in [4.78, 5) is 10.3. The van der Waals surface area contributed by atoms with Gasteiger partial charge in [-0.3, -0.25) is 4.79 Å². The Morgan fingerprint density at radius 1 is 1.19 bits per heavy atom. The molecule has 0 unspecified atom stereocenters. The molecule has 98 valence electrons. The molecule has 10 radical (unpaired) electrons. The lowest BCUT2D eigenvalue weighted by Gasteiger charge is -2.22. The highest BCUT2D eigenvalue weighted by Crippen LogP contribution is 2.38. The molecular weight excluding hydrogens is 342 g/mol. The van der Waals surface area contributed by atoms with Gasteiger partial charge in [0.25, 0.3) is 0 Å². The third-order valence-electron chi connectivity index (χ3n) is 2.12. The normalized spacial score (nSPS) is 11.2. The zero-order chi connectivity index (χ0) is 17.0. The van der Waals surface area contributed by atoms with E-state index in [9.17, 15) is 18.0 Å². The first kappa shape index (κ1) is 20.3. The van der Waals surface area contributed by atoms with Crippen LogP contribution in [-0.4, -0.2) is 56.9 Å². The number of aromatic hydroxyl groups is 1. The van der Waals surface area contributed by atoms with E-state index in [4.69, 9.17) is 44.1 Å². The second-order valence-corrected chi connectivity index (χ2v) is 4.89. The number of phenolic OH excluding ortho intramolecular Hbond substituents is 1. The summed E-state index contributed by atoms with van der Waals surface area (Å²) >= 11 is 2.85. The van der Waals surface area contributed by atoms with E-state index in [0.717, 1.165) is 6.07 Å². The minimum absolute atomic E-state index is 0.123. The first-order valence-electron chi connectivity index (χ1n) is 5.23. The Hall–Kier alpha value is -0.650. The molecule has 0 aliphatic rings. The van der Waals surface area contributed by atoms with Crippen molar-refractivity contribution in [2.24, 2.45) is 0 Å². The van der Waals surface area contributed by atoms with Gasteiger partial charge >= 0.3 is 6.18 Å². The third kappa shape index (κ3) is 6.76. The van der Waals surface area contributed by atoms with Crippen molar-refractivity contribution in [3.05, 3.63) is 27.7 Å². The molecule has 0 saturated carbocycles. The number of rotatable bonds is 2. The molecular formula is C9H4B6BrF3O2. The molecule has 0 fully saturated rings. The highest BCUT2D eigenvalue weighted by molar-refractivity contribution is 9.10. The molecule has 0 atom stereocenters. The Balaban J connectivity index is 0.000000486. The fourth-order valence-electron chi connectivity index (χ4n) is 0.897. The summed E-state index contributed by atoms with van der Waals surface area (Å²) in [7, 11) is 24.9. The first-order chi connectivity index (χ1) is 9.30. The maximum Gasteiger partial charge on any atom is 0.419 e. The van der Waals surface area contributed by atoms with Crippen molar-refractivity contribution >= 4 is 67.7 Å². The molecule has 12 heteroatoms. The largest absolute Gasteiger partial charge is 0.507 e. The summed E-state index contributed by atoms with van der Waals surface area (Å²) in [6.45, 7) is -0.868. The van der Waals surface area contributed by atoms with Crippen LogP contribution in [0, 0.1) is 0 Å². The fraction of sp³-hybridized carbons (Fsp3) is 0.222. The first-order valence-corrected chi connectivity index (χ1v) is 6.02. The average Bonchev–Trinajstić information content (AvgIpc) is 2.26. The number of halogens is 4. The van der Waals surface area contributed by atoms with Gasteiger partial charge in [-0.05, 0) is 28.1 Å². The van der Waals surface area contributed by atoms with E-state index in [0.29, 0.717) is 6.07 Å². The van der Waals surface area contributed by atoms with Crippen molar-refractivity contribution in [1.82, 2.24) is 0 Å². The van der Waals surface area contributed by atoms with E-state index in [1.165, 1.54) is 0 Å². The van der Waals surface area contributed by atoms with Crippen molar-refractivity contribution < 1.29 is 23.1 Å². The lowest BCUT2D eigenvalue weighted by Crippen LogP contribution is -2.35. The lowest BCUT2D eigenvalue weighted by atomic mass is 8.99. The standard InChI is InChI=1S/C8H4BrF3O2.CB6/c9-6-2-7(14)5(8(10,11)12)1-4(6)3-13;2-1(3,4)7(5)6/h1-3,14H;. The van der Waals surface area contributed by atoms with Crippen molar-refractivity contribution in [2.45, 2.75) is 11.2 Å². The van der Waals surface area contributed by atoms with E-state index in [1.807, 2.05) is 0 Å². The maximum atomic E-state index is 12.2. The Morgan fingerprint density at radius 3 is 1.90 bits per heavy atom. The molecule has 0 spiro atoms. The maximum absolute atomic E-state index is 12.2. The van der Waals surface area contributed by atoms with Crippen molar-refractivity contribution in [3.63, 3.8) is 0 Å². The molecule has 1 N–H and O–H groups in total. The molecule has 0 saturated heterocycles. The van der Waals surface area contributed by atoms with Crippen LogP contribution in [0.15, 0.2) is 16.6 Å². The number of hydrogen-bond acceptors (Lipinski definition) is 2. The molecule has 0 heterocycles. The van der Waals surface area contributed by atoms with E-state index in [-0.39, 0.29) is 16.3 Å². The van der Waals surface area contributed by atoms with Crippen molar-refractivity contribution in [3.8, 4) is 5.75 Å². The zero-order valence-electron chi connectivity index (χ0n) is 10.6. The number of benzene rings is 1. The highest BCUT2D eigenvalue weighted by Gasteiger charge is 2.34. The Bertz CT molecular complexity index is 503. The monoisotopic (exact) mass is 346 g/mol. The van der Waals surface area contributed by atoms with Gasteiger partial charge in [0.1, 0.15) is 5.75 Å². The minimum Gasteiger partial charge on any atom is -0.507 e. The van der Waals surface area contributed by atoms with Crippen LogP contribution in [0.1, 0.15) is 15.9 Å². The number of aldehydes is 1. The van der Waals surface area contributed by atoms with Crippen LogP contribution in [0.4, 0.5) is 13.2 Å². The summed E-state index contributed by atoms with van der Waals surface area (Å²) in [5.74, 6) is -0.907. The summed E-state index contributed by atoms with van der Waals surface area (Å²) in [6.07, 6.45) is -4.39. The Labute approximate surface area is 135 Å². The molecule has 2 nitrogen and oxygen atoms in total. The minimum atomic E-state index is -4.66. The molecule has 0 bridgehead atoms. The van der Waals surface area contributed by atoms with Crippen LogP contribution in [0.3, 0.4) is 0 Å². The molecule has 21 heavy (non-hydrogen) atoms. The number of alkyl halides is 3. The smallest absolute Gasteiger partial charge is 0.419 e. The van der Waals surface area contributed by atoms with Gasteiger partial charge in [0.05, 0.1) is 5.56 Å². The second-order valence-electron chi connectivity index (χ2n) is 4.03. The van der Waals surface area contributed by atoms with Gasteiger partial charge in [-0.2, -0.15) is 18.2 Å².